The lowest BCUT2D eigenvalue weighted by molar-refractivity contribution is -0.141. The fourth-order valence-corrected chi connectivity index (χ4v) is 5.60. The van der Waals surface area contributed by atoms with Crippen LogP contribution in [0.4, 0.5) is 0 Å². The number of thiophene rings is 1. The van der Waals surface area contributed by atoms with Crippen LogP contribution in [0.1, 0.15) is 34.9 Å². The van der Waals surface area contributed by atoms with E-state index >= 15 is 0 Å². The smallest absolute Gasteiger partial charge is 0.248 e. The summed E-state index contributed by atoms with van der Waals surface area (Å²) in [5, 5.41) is 13.4. The number of fused-ring (bicyclic) bond motifs is 1. The van der Waals surface area contributed by atoms with E-state index in [0.717, 1.165) is 46.5 Å². The second-order valence-corrected chi connectivity index (χ2v) is 10.3. The summed E-state index contributed by atoms with van der Waals surface area (Å²) in [5.41, 5.74) is 3.82. The van der Waals surface area contributed by atoms with Gasteiger partial charge in [-0.3, -0.25) is 9.59 Å². The number of hydrogen-bond acceptors (Lipinski definition) is 6. The molecule has 1 N–H and O–H groups in total. The summed E-state index contributed by atoms with van der Waals surface area (Å²) >= 11 is 1.48. The molecule has 0 unspecified atom stereocenters. The SMILES string of the molecule is Cc1ccccc1CCN(C(=O)Cn1nnc2ccccc21)[C@H](C(=O)NC[C@H]1CCCO1)c1cccs1. The summed E-state index contributed by atoms with van der Waals surface area (Å²) in [6.07, 6.45) is 2.59. The molecule has 0 bridgehead atoms. The number of ether oxygens (including phenoxy) is 1. The van der Waals surface area contributed by atoms with E-state index in [1.54, 1.807) is 9.58 Å². The molecule has 0 saturated carbocycles. The van der Waals surface area contributed by atoms with E-state index in [4.69, 9.17) is 4.74 Å². The van der Waals surface area contributed by atoms with Crippen molar-refractivity contribution in [1.82, 2.24) is 25.2 Å². The van der Waals surface area contributed by atoms with Gasteiger partial charge in [-0.1, -0.05) is 47.7 Å². The second kappa shape index (κ2) is 11.7. The van der Waals surface area contributed by atoms with Gasteiger partial charge in [-0.25, -0.2) is 4.68 Å². The minimum Gasteiger partial charge on any atom is -0.376 e. The number of carbonyl (C=O) groups is 2. The molecule has 4 aromatic rings. The van der Waals surface area contributed by atoms with Gasteiger partial charge in [0, 0.05) is 24.6 Å². The molecule has 1 aliphatic heterocycles. The van der Waals surface area contributed by atoms with Crippen molar-refractivity contribution in [3.05, 3.63) is 82.0 Å². The lowest BCUT2D eigenvalue weighted by atomic mass is 10.0. The third-order valence-corrected chi connectivity index (χ3v) is 7.73. The average molecular weight is 518 g/mol. The third-order valence-electron chi connectivity index (χ3n) is 6.81. The Morgan fingerprint density at radius 2 is 2.00 bits per heavy atom. The number of carbonyl (C=O) groups excluding carboxylic acids is 2. The Morgan fingerprint density at radius 3 is 2.78 bits per heavy atom. The van der Waals surface area contributed by atoms with Gasteiger partial charge in [0.25, 0.3) is 0 Å². The van der Waals surface area contributed by atoms with Crippen molar-refractivity contribution >= 4 is 34.2 Å². The molecule has 2 aromatic heterocycles. The van der Waals surface area contributed by atoms with Gasteiger partial charge in [0.15, 0.2) is 0 Å². The summed E-state index contributed by atoms with van der Waals surface area (Å²) in [4.78, 5) is 30.1. The molecule has 2 atom stereocenters. The van der Waals surface area contributed by atoms with Crippen LogP contribution in [0.5, 0.6) is 0 Å². The Hall–Kier alpha value is -3.56. The topological polar surface area (TPSA) is 89.4 Å². The molecule has 1 aliphatic rings. The number of benzene rings is 2. The first kappa shape index (κ1) is 25.1. The number of amides is 2. The third kappa shape index (κ3) is 5.89. The molecule has 9 heteroatoms. The van der Waals surface area contributed by atoms with Crippen LogP contribution in [-0.2, 0) is 27.3 Å². The van der Waals surface area contributed by atoms with Crippen molar-refractivity contribution in [2.45, 2.75) is 44.9 Å². The standard InChI is InChI=1S/C28H31N5O3S/c1-20-8-2-3-9-21(20)14-15-32(26(34)19-33-24-12-5-4-11-23(24)30-31-33)27(25-13-7-17-37-25)28(35)29-18-22-10-6-16-36-22/h2-5,7-9,11-13,17,22,27H,6,10,14-16,18-19H2,1H3,(H,29,35)/t22-,27+/m1/s1. The Morgan fingerprint density at radius 1 is 1.16 bits per heavy atom. The Bertz CT molecular complexity index is 1350. The fourth-order valence-electron chi connectivity index (χ4n) is 4.77. The van der Waals surface area contributed by atoms with E-state index in [2.05, 4.69) is 34.7 Å². The van der Waals surface area contributed by atoms with Gasteiger partial charge in [-0.15, -0.1) is 16.4 Å². The maximum atomic E-state index is 13.9. The van der Waals surface area contributed by atoms with Gasteiger partial charge in [0.1, 0.15) is 18.1 Å². The van der Waals surface area contributed by atoms with E-state index in [0.29, 0.717) is 19.5 Å². The largest absolute Gasteiger partial charge is 0.376 e. The molecule has 0 aliphatic carbocycles. The van der Waals surface area contributed by atoms with Crippen molar-refractivity contribution in [3.63, 3.8) is 0 Å². The van der Waals surface area contributed by atoms with Gasteiger partial charge in [0.2, 0.25) is 11.8 Å². The molecule has 3 heterocycles. The molecular formula is C28H31N5O3S. The first-order chi connectivity index (χ1) is 18.1. The summed E-state index contributed by atoms with van der Waals surface area (Å²) in [5.74, 6) is -0.380. The van der Waals surface area contributed by atoms with Crippen LogP contribution in [-0.4, -0.2) is 57.5 Å². The number of para-hydroxylation sites is 1. The van der Waals surface area contributed by atoms with Gasteiger partial charge in [0.05, 0.1) is 11.6 Å². The fraction of sp³-hybridized carbons (Fsp3) is 0.357. The summed E-state index contributed by atoms with van der Waals surface area (Å²) < 4.78 is 7.31. The second-order valence-electron chi connectivity index (χ2n) is 9.30. The molecule has 2 amide bonds. The van der Waals surface area contributed by atoms with Crippen LogP contribution in [0.15, 0.2) is 66.0 Å². The highest BCUT2D eigenvalue weighted by molar-refractivity contribution is 7.10. The number of hydrogen-bond donors (Lipinski definition) is 1. The average Bonchev–Trinajstić information content (AvgIpc) is 3.69. The predicted octanol–water partition coefficient (Wildman–Crippen LogP) is 3.91. The molecule has 0 radical (unpaired) electrons. The quantitative estimate of drug-likeness (QED) is 0.345. The maximum Gasteiger partial charge on any atom is 0.248 e. The molecule has 1 fully saturated rings. The van der Waals surface area contributed by atoms with Gasteiger partial charge < -0.3 is 15.0 Å². The Balaban J connectivity index is 1.43. The highest BCUT2D eigenvalue weighted by atomic mass is 32.1. The van der Waals surface area contributed by atoms with Crippen molar-refractivity contribution in [1.29, 1.82) is 0 Å². The number of nitrogens with one attached hydrogen (secondary N) is 1. The van der Waals surface area contributed by atoms with Crippen molar-refractivity contribution < 1.29 is 14.3 Å². The molecule has 8 nitrogen and oxygen atoms in total. The van der Waals surface area contributed by atoms with Crippen LogP contribution in [0, 0.1) is 6.92 Å². The molecule has 1 saturated heterocycles. The van der Waals surface area contributed by atoms with Crippen LogP contribution in [0.3, 0.4) is 0 Å². The van der Waals surface area contributed by atoms with Crippen LogP contribution >= 0.6 is 11.3 Å². The zero-order chi connectivity index (χ0) is 25.6. The Labute approximate surface area is 220 Å². The molecule has 192 valence electrons. The summed E-state index contributed by atoms with van der Waals surface area (Å²) in [6, 6.07) is 18.8. The van der Waals surface area contributed by atoms with E-state index in [-0.39, 0.29) is 24.5 Å². The van der Waals surface area contributed by atoms with E-state index in [9.17, 15) is 9.59 Å². The minimum atomic E-state index is -0.743. The molecule has 0 spiro atoms. The van der Waals surface area contributed by atoms with Crippen LogP contribution < -0.4 is 5.32 Å². The molecular weight excluding hydrogens is 486 g/mol. The highest BCUT2D eigenvalue weighted by Gasteiger charge is 2.33. The van der Waals surface area contributed by atoms with Gasteiger partial charge >= 0.3 is 0 Å². The zero-order valence-electron chi connectivity index (χ0n) is 20.9. The zero-order valence-corrected chi connectivity index (χ0v) is 21.7. The number of rotatable bonds is 10. The van der Waals surface area contributed by atoms with Crippen molar-refractivity contribution in [2.75, 3.05) is 19.7 Å². The minimum absolute atomic E-state index is 0.00479. The lowest BCUT2D eigenvalue weighted by Crippen LogP contribution is -2.46. The summed E-state index contributed by atoms with van der Waals surface area (Å²) in [7, 11) is 0. The number of aromatic nitrogens is 3. The maximum absolute atomic E-state index is 13.9. The first-order valence-electron chi connectivity index (χ1n) is 12.6. The van der Waals surface area contributed by atoms with Gasteiger partial charge in [-0.2, -0.15) is 0 Å². The summed E-state index contributed by atoms with van der Waals surface area (Å²) in [6.45, 7) is 3.62. The van der Waals surface area contributed by atoms with Crippen molar-refractivity contribution in [2.24, 2.45) is 0 Å². The highest BCUT2D eigenvalue weighted by Crippen LogP contribution is 2.27. The molecule has 2 aromatic carbocycles. The molecule has 5 rings (SSSR count). The van der Waals surface area contributed by atoms with E-state index < -0.39 is 6.04 Å². The normalized spacial score (nSPS) is 16.1. The van der Waals surface area contributed by atoms with Crippen molar-refractivity contribution in [3.8, 4) is 0 Å². The van der Waals surface area contributed by atoms with E-state index in [1.165, 1.54) is 11.3 Å². The Kier molecular flexibility index (Phi) is 7.91. The van der Waals surface area contributed by atoms with Gasteiger partial charge in [-0.05, 0) is 60.9 Å². The monoisotopic (exact) mass is 517 g/mol. The lowest BCUT2D eigenvalue weighted by Gasteiger charge is -2.31. The van der Waals surface area contributed by atoms with E-state index in [1.807, 2.05) is 53.9 Å². The van der Waals surface area contributed by atoms with Crippen LogP contribution in [0.25, 0.3) is 11.0 Å². The predicted molar refractivity (Wildman–Crippen MR) is 143 cm³/mol. The number of nitrogens with zero attached hydrogens (tertiary/aromatic N) is 4. The molecule has 37 heavy (non-hydrogen) atoms. The number of aryl methyl sites for hydroxylation is 1. The first-order valence-corrected chi connectivity index (χ1v) is 13.5. The van der Waals surface area contributed by atoms with Crippen LogP contribution in [0.2, 0.25) is 0 Å².